The first-order chi connectivity index (χ1) is 10.6. The third kappa shape index (κ3) is 2.86. The van der Waals surface area contributed by atoms with Crippen LogP contribution in [0.25, 0.3) is 0 Å². The number of hydrogen-bond donors (Lipinski definition) is 1. The Morgan fingerprint density at radius 2 is 1.95 bits per heavy atom. The summed E-state index contributed by atoms with van der Waals surface area (Å²) in [5.41, 5.74) is 0.391. The van der Waals surface area contributed by atoms with Gasteiger partial charge in [0.2, 0.25) is 5.91 Å². The van der Waals surface area contributed by atoms with Crippen LogP contribution in [-0.2, 0) is 20.7 Å². The number of carbonyl (C=O) groups is 2. The summed E-state index contributed by atoms with van der Waals surface area (Å²) in [7, 11) is 1.39. The lowest BCUT2D eigenvalue weighted by atomic mass is 9.81. The topological polar surface area (TPSA) is 55.4 Å². The number of amides is 1. The van der Waals surface area contributed by atoms with E-state index in [1.807, 2.05) is 18.2 Å². The number of thioether (sulfide) groups is 1. The lowest BCUT2D eigenvalue weighted by molar-refractivity contribution is -0.152. The predicted molar refractivity (Wildman–Crippen MR) is 85.8 cm³/mol. The van der Waals surface area contributed by atoms with Gasteiger partial charge in [-0.1, -0.05) is 37.5 Å². The molecule has 0 saturated heterocycles. The predicted octanol–water partition coefficient (Wildman–Crippen LogP) is 2.70. The molecule has 1 atom stereocenters. The molecule has 3 rings (SSSR count). The number of hydrogen-bond acceptors (Lipinski definition) is 4. The maximum Gasteiger partial charge on any atom is 0.331 e. The summed E-state index contributed by atoms with van der Waals surface area (Å²) in [4.78, 5) is 26.0. The van der Waals surface area contributed by atoms with Gasteiger partial charge < -0.3 is 10.1 Å². The molecule has 0 aromatic heterocycles. The molecule has 1 N–H and O–H groups in total. The first-order valence-electron chi connectivity index (χ1n) is 7.80. The monoisotopic (exact) mass is 319 g/mol. The van der Waals surface area contributed by atoms with Gasteiger partial charge in [0.05, 0.1) is 12.4 Å². The normalized spacial score (nSPS) is 22.7. The van der Waals surface area contributed by atoms with Crippen LogP contribution < -0.4 is 5.32 Å². The molecule has 1 aromatic carbocycles. The van der Waals surface area contributed by atoms with E-state index in [9.17, 15) is 9.59 Å². The lowest BCUT2D eigenvalue weighted by Crippen LogP contribution is -2.57. The molecule has 4 nitrogen and oxygen atoms in total. The Bertz CT molecular complexity index is 556. The van der Waals surface area contributed by atoms with Crippen LogP contribution in [0.2, 0.25) is 0 Å². The molecule has 1 saturated carbocycles. The third-order valence-electron chi connectivity index (χ3n) is 4.59. The summed E-state index contributed by atoms with van der Waals surface area (Å²) in [6.07, 6.45) is 5.09. The van der Waals surface area contributed by atoms with Crippen molar-refractivity contribution in [1.29, 1.82) is 0 Å². The summed E-state index contributed by atoms with van der Waals surface area (Å²) in [6.45, 7) is 0. The van der Waals surface area contributed by atoms with Gasteiger partial charge in [0.15, 0.2) is 0 Å². The Kier molecular flexibility index (Phi) is 4.43. The molecule has 1 amide bonds. The maximum atomic E-state index is 12.7. The second-order valence-corrected chi connectivity index (χ2v) is 7.29. The van der Waals surface area contributed by atoms with Crippen molar-refractivity contribution < 1.29 is 14.3 Å². The van der Waals surface area contributed by atoms with Crippen molar-refractivity contribution in [3.8, 4) is 0 Å². The summed E-state index contributed by atoms with van der Waals surface area (Å²) < 4.78 is 4.96. The Morgan fingerprint density at radius 3 is 2.64 bits per heavy atom. The number of benzene rings is 1. The lowest BCUT2D eigenvalue weighted by Gasteiger charge is -2.35. The van der Waals surface area contributed by atoms with Crippen LogP contribution in [-0.4, -0.2) is 29.8 Å². The van der Waals surface area contributed by atoms with E-state index < -0.39 is 5.54 Å². The first-order valence-corrected chi connectivity index (χ1v) is 8.68. The van der Waals surface area contributed by atoms with Gasteiger partial charge in [-0.25, -0.2) is 4.79 Å². The zero-order valence-electron chi connectivity index (χ0n) is 12.8. The molecule has 0 radical (unpaired) electrons. The van der Waals surface area contributed by atoms with Crippen molar-refractivity contribution in [3.05, 3.63) is 29.8 Å². The Balaban J connectivity index is 1.71. The van der Waals surface area contributed by atoms with Crippen LogP contribution >= 0.6 is 11.8 Å². The molecule has 0 spiro atoms. The fourth-order valence-electron chi connectivity index (χ4n) is 3.38. The second-order valence-electron chi connectivity index (χ2n) is 6.04. The molecule has 1 aliphatic heterocycles. The van der Waals surface area contributed by atoms with E-state index in [1.54, 1.807) is 11.8 Å². The van der Waals surface area contributed by atoms with E-state index in [0.717, 1.165) is 25.7 Å². The molecular weight excluding hydrogens is 298 g/mol. The highest BCUT2D eigenvalue weighted by Crippen LogP contribution is 2.38. The first kappa shape index (κ1) is 15.4. The zero-order valence-corrected chi connectivity index (χ0v) is 13.6. The van der Waals surface area contributed by atoms with Gasteiger partial charge in [-0.05, 0) is 30.9 Å². The van der Waals surface area contributed by atoms with E-state index in [4.69, 9.17) is 4.74 Å². The molecule has 0 bridgehead atoms. The SMILES string of the molecule is COC(=O)C1(NC(=O)C2Cc3ccccc3S2)CCCCC1. The van der Waals surface area contributed by atoms with Gasteiger partial charge >= 0.3 is 5.97 Å². The van der Waals surface area contributed by atoms with Gasteiger partial charge in [-0.15, -0.1) is 11.8 Å². The number of carbonyl (C=O) groups excluding carboxylic acids is 2. The highest BCUT2D eigenvalue weighted by Gasteiger charge is 2.43. The molecule has 1 heterocycles. The third-order valence-corrected chi connectivity index (χ3v) is 5.90. The number of rotatable bonds is 3. The molecule has 1 fully saturated rings. The van der Waals surface area contributed by atoms with Crippen molar-refractivity contribution in [2.75, 3.05) is 7.11 Å². The molecule has 5 heteroatoms. The van der Waals surface area contributed by atoms with Crippen LogP contribution in [0, 0.1) is 0 Å². The van der Waals surface area contributed by atoms with Crippen LogP contribution in [0.5, 0.6) is 0 Å². The van der Waals surface area contributed by atoms with Crippen molar-refractivity contribution in [2.45, 2.75) is 54.2 Å². The fourth-order valence-corrected chi connectivity index (χ4v) is 4.57. The standard InChI is InChI=1S/C17H21NO3S/c1-21-16(20)17(9-5-2-6-10-17)18-15(19)14-11-12-7-3-4-8-13(12)22-14/h3-4,7-8,14H,2,5-6,9-11H2,1H3,(H,18,19). The van der Waals surface area contributed by atoms with E-state index in [1.165, 1.54) is 17.6 Å². The van der Waals surface area contributed by atoms with Crippen molar-refractivity contribution >= 4 is 23.6 Å². The quantitative estimate of drug-likeness (QED) is 0.870. The molecule has 22 heavy (non-hydrogen) atoms. The minimum absolute atomic E-state index is 0.0477. The van der Waals surface area contributed by atoms with Gasteiger partial charge in [0, 0.05) is 4.90 Å². The van der Waals surface area contributed by atoms with E-state index in [2.05, 4.69) is 11.4 Å². The fraction of sp³-hybridized carbons (Fsp3) is 0.529. The number of ether oxygens (including phenoxy) is 1. The molecule has 1 unspecified atom stereocenters. The molecule has 1 aliphatic carbocycles. The van der Waals surface area contributed by atoms with E-state index in [0.29, 0.717) is 12.8 Å². The van der Waals surface area contributed by atoms with E-state index >= 15 is 0 Å². The van der Waals surface area contributed by atoms with Crippen molar-refractivity contribution in [3.63, 3.8) is 0 Å². The molecular formula is C17H21NO3S. The summed E-state index contributed by atoms with van der Waals surface area (Å²) in [6, 6.07) is 8.09. The molecule has 1 aromatic rings. The summed E-state index contributed by atoms with van der Waals surface area (Å²) >= 11 is 1.59. The number of fused-ring (bicyclic) bond motifs is 1. The smallest absolute Gasteiger partial charge is 0.331 e. The van der Waals surface area contributed by atoms with Gasteiger partial charge in [0.1, 0.15) is 5.54 Å². The Morgan fingerprint density at radius 1 is 1.23 bits per heavy atom. The van der Waals surface area contributed by atoms with Gasteiger partial charge in [-0.3, -0.25) is 4.79 Å². The van der Waals surface area contributed by atoms with Crippen molar-refractivity contribution in [2.24, 2.45) is 0 Å². The van der Waals surface area contributed by atoms with Gasteiger partial charge in [0.25, 0.3) is 0 Å². The minimum atomic E-state index is -0.820. The van der Waals surface area contributed by atoms with Gasteiger partial charge in [-0.2, -0.15) is 0 Å². The highest BCUT2D eigenvalue weighted by molar-refractivity contribution is 8.01. The zero-order chi connectivity index (χ0) is 15.6. The molecule has 2 aliphatic rings. The average molecular weight is 319 g/mol. The Hall–Kier alpha value is -1.49. The van der Waals surface area contributed by atoms with Crippen molar-refractivity contribution in [1.82, 2.24) is 5.32 Å². The minimum Gasteiger partial charge on any atom is -0.467 e. The van der Waals surface area contributed by atoms with Crippen LogP contribution in [0.3, 0.4) is 0 Å². The maximum absolute atomic E-state index is 12.7. The largest absolute Gasteiger partial charge is 0.467 e. The summed E-state index contributed by atoms with van der Waals surface area (Å²) in [5.74, 6) is -0.352. The van der Waals surface area contributed by atoms with Crippen LogP contribution in [0.4, 0.5) is 0 Å². The summed E-state index contributed by atoms with van der Waals surface area (Å²) in [5, 5.41) is 2.87. The second kappa shape index (κ2) is 6.32. The molecule has 118 valence electrons. The highest BCUT2D eigenvalue weighted by atomic mass is 32.2. The van der Waals surface area contributed by atoms with Crippen LogP contribution in [0.15, 0.2) is 29.2 Å². The van der Waals surface area contributed by atoms with E-state index in [-0.39, 0.29) is 17.1 Å². The average Bonchev–Trinajstić information content (AvgIpc) is 2.99. The Labute approximate surface area is 135 Å². The number of esters is 1. The van der Waals surface area contributed by atoms with Crippen LogP contribution in [0.1, 0.15) is 37.7 Å². The number of nitrogens with one attached hydrogen (secondary N) is 1. The number of methoxy groups -OCH3 is 1.